The van der Waals surface area contributed by atoms with Gasteiger partial charge in [0, 0.05) is 26.1 Å². The molecule has 62 valence electrons. The maximum absolute atomic E-state index is 11.1. The lowest BCUT2D eigenvalue weighted by atomic mass is 10.1. The number of likely N-dealkylation sites (tertiary alicyclic amines) is 2. The first kappa shape index (κ1) is 7.10. The van der Waals surface area contributed by atoms with Crippen molar-refractivity contribution in [1.82, 2.24) is 9.80 Å². The van der Waals surface area contributed by atoms with E-state index < -0.39 is 0 Å². The first-order chi connectivity index (χ1) is 5.27. The third-order valence-corrected chi connectivity index (χ3v) is 2.73. The second kappa shape index (κ2) is 2.48. The van der Waals surface area contributed by atoms with Crippen molar-refractivity contribution >= 4 is 5.91 Å². The van der Waals surface area contributed by atoms with Crippen LogP contribution in [0.15, 0.2) is 0 Å². The quantitative estimate of drug-likeness (QED) is 0.527. The van der Waals surface area contributed by atoms with Gasteiger partial charge in [-0.3, -0.25) is 9.69 Å². The summed E-state index contributed by atoms with van der Waals surface area (Å²) in [6.07, 6.45) is 2.06. The summed E-state index contributed by atoms with van der Waals surface area (Å²) in [7, 11) is 1.89. The smallest absolute Gasteiger partial charge is 0.224 e. The van der Waals surface area contributed by atoms with Crippen LogP contribution in [0, 0.1) is 0 Å². The first-order valence-electron chi connectivity index (χ1n) is 4.25. The first-order valence-corrected chi connectivity index (χ1v) is 4.25. The number of hydrogen-bond donors (Lipinski definition) is 0. The molecule has 11 heavy (non-hydrogen) atoms. The second-order valence-electron chi connectivity index (χ2n) is 3.52. The molecule has 1 atom stereocenters. The lowest BCUT2D eigenvalue weighted by Crippen LogP contribution is -2.46. The number of carbonyl (C=O) groups is 1. The molecule has 2 fully saturated rings. The van der Waals surface area contributed by atoms with E-state index in [0.717, 1.165) is 13.0 Å². The standard InChI is InChI=1S/C8H14N2O/c1-9-6-7(5-8(9)11)10-3-2-4-10/h7H,2-6H2,1H3/t7-/m1/s1. The topological polar surface area (TPSA) is 23.6 Å². The molecule has 3 heteroatoms. The Labute approximate surface area is 67.0 Å². The summed E-state index contributed by atoms with van der Waals surface area (Å²) in [6.45, 7) is 3.34. The van der Waals surface area contributed by atoms with E-state index in [1.54, 1.807) is 0 Å². The van der Waals surface area contributed by atoms with Crippen molar-refractivity contribution in [1.29, 1.82) is 0 Å². The fourth-order valence-corrected chi connectivity index (χ4v) is 1.79. The van der Waals surface area contributed by atoms with Crippen molar-refractivity contribution in [2.45, 2.75) is 18.9 Å². The third kappa shape index (κ3) is 1.13. The van der Waals surface area contributed by atoms with Crippen LogP contribution in [-0.2, 0) is 4.79 Å². The summed E-state index contributed by atoms with van der Waals surface area (Å²) in [5.74, 6) is 0.307. The number of amides is 1. The minimum atomic E-state index is 0.307. The predicted octanol–water partition coefficient (Wildman–Crippen LogP) is -0.0772. The fraction of sp³-hybridized carbons (Fsp3) is 0.875. The minimum Gasteiger partial charge on any atom is -0.344 e. The van der Waals surface area contributed by atoms with Crippen LogP contribution in [0.25, 0.3) is 0 Å². The van der Waals surface area contributed by atoms with Crippen LogP contribution >= 0.6 is 0 Å². The zero-order valence-electron chi connectivity index (χ0n) is 6.92. The van der Waals surface area contributed by atoms with Gasteiger partial charge in [0.2, 0.25) is 5.91 Å². The minimum absolute atomic E-state index is 0.307. The van der Waals surface area contributed by atoms with Gasteiger partial charge in [0.25, 0.3) is 0 Å². The molecular formula is C8H14N2O. The summed E-state index contributed by atoms with van der Waals surface area (Å²) >= 11 is 0. The molecule has 3 nitrogen and oxygen atoms in total. The largest absolute Gasteiger partial charge is 0.344 e. The summed E-state index contributed by atoms with van der Waals surface area (Å²) in [6, 6.07) is 0.529. The van der Waals surface area contributed by atoms with Crippen molar-refractivity contribution in [3.63, 3.8) is 0 Å². The van der Waals surface area contributed by atoms with Crippen LogP contribution in [0.1, 0.15) is 12.8 Å². The van der Waals surface area contributed by atoms with E-state index >= 15 is 0 Å². The van der Waals surface area contributed by atoms with Crippen LogP contribution in [0.3, 0.4) is 0 Å². The zero-order valence-corrected chi connectivity index (χ0v) is 6.92. The molecule has 2 aliphatic rings. The highest BCUT2D eigenvalue weighted by Gasteiger charge is 2.33. The van der Waals surface area contributed by atoms with Crippen molar-refractivity contribution in [2.75, 3.05) is 26.7 Å². The van der Waals surface area contributed by atoms with Crippen LogP contribution < -0.4 is 0 Å². The van der Waals surface area contributed by atoms with Crippen LogP contribution in [0.2, 0.25) is 0 Å². The lowest BCUT2D eigenvalue weighted by molar-refractivity contribution is -0.126. The molecule has 0 saturated carbocycles. The Morgan fingerprint density at radius 3 is 2.55 bits per heavy atom. The van der Waals surface area contributed by atoms with Crippen LogP contribution in [-0.4, -0.2) is 48.4 Å². The Hall–Kier alpha value is -0.570. The maximum atomic E-state index is 11.1. The van der Waals surface area contributed by atoms with E-state index in [1.807, 2.05) is 11.9 Å². The summed E-state index contributed by atoms with van der Waals surface area (Å²) in [4.78, 5) is 15.4. The van der Waals surface area contributed by atoms with Crippen LogP contribution in [0.5, 0.6) is 0 Å². The van der Waals surface area contributed by atoms with E-state index in [-0.39, 0.29) is 0 Å². The molecule has 1 amide bonds. The highest BCUT2D eigenvalue weighted by atomic mass is 16.2. The fourth-order valence-electron chi connectivity index (χ4n) is 1.79. The normalized spacial score (nSPS) is 32.6. The molecule has 2 heterocycles. The van der Waals surface area contributed by atoms with E-state index in [4.69, 9.17) is 0 Å². The van der Waals surface area contributed by atoms with Gasteiger partial charge in [-0.1, -0.05) is 0 Å². The number of rotatable bonds is 1. The third-order valence-electron chi connectivity index (χ3n) is 2.73. The molecule has 0 aromatic heterocycles. The zero-order chi connectivity index (χ0) is 7.84. The van der Waals surface area contributed by atoms with Gasteiger partial charge in [0.15, 0.2) is 0 Å². The van der Waals surface area contributed by atoms with E-state index in [9.17, 15) is 4.79 Å². The van der Waals surface area contributed by atoms with Gasteiger partial charge in [-0.2, -0.15) is 0 Å². The number of hydrogen-bond acceptors (Lipinski definition) is 2. The molecule has 0 aromatic rings. The second-order valence-corrected chi connectivity index (χ2v) is 3.52. The molecule has 0 aliphatic carbocycles. The van der Waals surface area contributed by atoms with Crippen molar-refractivity contribution in [3.05, 3.63) is 0 Å². The maximum Gasteiger partial charge on any atom is 0.224 e. The molecule has 0 radical (unpaired) electrons. The highest BCUT2D eigenvalue weighted by molar-refractivity contribution is 5.78. The Bertz CT molecular complexity index is 177. The number of nitrogens with zero attached hydrogens (tertiary/aromatic N) is 2. The average molecular weight is 154 g/mol. The Morgan fingerprint density at radius 2 is 2.18 bits per heavy atom. The molecule has 2 aliphatic heterocycles. The Balaban J connectivity index is 1.92. The molecule has 2 rings (SSSR count). The van der Waals surface area contributed by atoms with Gasteiger partial charge >= 0.3 is 0 Å². The summed E-state index contributed by atoms with van der Waals surface area (Å²) < 4.78 is 0. The van der Waals surface area contributed by atoms with Gasteiger partial charge in [-0.15, -0.1) is 0 Å². The molecule has 0 bridgehead atoms. The highest BCUT2D eigenvalue weighted by Crippen LogP contribution is 2.20. The van der Waals surface area contributed by atoms with E-state index in [2.05, 4.69) is 4.90 Å². The number of carbonyl (C=O) groups excluding carboxylic acids is 1. The lowest BCUT2D eigenvalue weighted by Gasteiger charge is -2.35. The van der Waals surface area contributed by atoms with Crippen molar-refractivity contribution < 1.29 is 4.79 Å². The molecular weight excluding hydrogens is 140 g/mol. The van der Waals surface area contributed by atoms with E-state index in [0.29, 0.717) is 11.9 Å². The molecule has 0 N–H and O–H groups in total. The molecule has 2 saturated heterocycles. The van der Waals surface area contributed by atoms with Crippen molar-refractivity contribution in [2.24, 2.45) is 0 Å². The molecule has 0 spiro atoms. The molecule has 0 unspecified atom stereocenters. The van der Waals surface area contributed by atoms with E-state index in [1.165, 1.54) is 19.5 Å². The predicted molar refractivity (Wildman–Crippen MR) is 42.2 cm³/mol. The Kier molecular flexibility index (Phi) is 1.60. The van der Waals surface area contributed by atoms with Gasteiger partial charge in [-0.25, -0.2) is 0 Å². The SMILES string of the molecule is CN1C[C@H](N2CCC2)CC1=O. The summed E-state index contributed by atoms with van der Waals surface area (Å²) in [5.41, 5.74) is 0. The monoisotopic (exact) mass is 154 g/mol. The Morgan fingerprint density at radius 1 is 1.45 bits per heavy atom. The average Bonchev–Trinajstić information content (AvgIpc) is 2.08. The molecule has 0 aromatic carbocycles. The van der Waals surface area contributed by atoms with Gasteiger partial charge < -0.3 is 4.90 Å². The summed E-state index contributed by atoms with van der Waals surface area (Å²) in [5, 5.41) is 0. The van der Waals surface area contributed by atoms with Gasteiger partial charge in [0.05, 0.1) is 0 Å². The number of likely N-dealkylation sites (N-methyl/N-ethyl adjacent to an activating group) is 1. The van der Waals surface area contributed by atoms with Crippen LogP contribution in [0.4, 0.5) is 0 Å². The van der Waals surface area contributed by atoms with Gasteiger partial charge in [0.1, 0.15) is 0 Å². The van der Waals surface area contributed by atoms with Gasteiger partial charge in [-0.05, 0) is 19.5 Å². The van der Waals surface area contributed by atoms with Crippen molar-refractivity contribution in [3.8, 4) is 0 Å².